The van der Waals surface area contributed by atoms with Gasteiger partial charge in [0.05, 0.1) is 18.8 Å². The zero-order chi connectivity index (χ0) is 14.0. The average Bonchev–Trinajstić information content (AvgIpc) is 2.82. The standard InChI is InChI=1S/C15H23NO3/c1-10-9-16-12(11(2)14(10)18-4)8-13(17)15(3)6-5-7-19-15/h9,13,17H,5-8H2,1-4H3. The molecule has 2 unspecified atom stereocenters. The van der Waals surface area contributed by atoms with Gasteiger partial charge in [-0.15, -0.1) is 0 Å². The summed E-state index contributed by atoms with van der Waals surface area (Å²) in [6, 6.07) is 0. The van der Waals surface area contributed by atoms with Crippen molar-refractivity contribution >= 4 is 0 Å². The molecule has 2 heterocycles. The molecule has 1 aliphatic heterocycles. The van der Waals surface area contributed by atoms with Crippen molar-refractivity contribution in [3.63, 3.8) is 0 Å². The van der Waals surface area contributed by atoms with Gasteiger partial charge in [-0.2, -0.15) is 0 Å². The van der Waals surface area contributed by atoms with Crippen molar-refractivity contribution in [3.05, 3.63) is 23.0 Å². The number of methoxy groups -OCH3 is 1. The summed E-state index contributed by atoms with van der Waals surface area (Å²) < 4.78 is 11.1. The van der Waals surface area contributed by atoms with E-state index in [4.69, 9.17) is 9.47 Å². The second kappa shape index (κ2) is 5.47. The quantitative estimate of drug-likeness (QED) is 0.906. The molecule has 0 aromatic carbocycles. The van der Waals surface area contributed by atoms with E-state index in [0.717, 1.165) is 42.0 Å². The Balaban J connectivity index is 2.19. The molecule has 0 saturated carbocycles. The number of hydrogen-bond acceptors (Lipinski definition) is 4. The predicted octanol–water partition coefficient (Wildman–Crippen LogP) is 2.18. The minimum atomic E-state index is -0.534. The topological polar surface area (TPSA) is 51.6 Å². The molecule has 2 atom stereocenters. The molecular weight excluding hydrogens is 242 g/mol. The molecule has 4 heteroatoms. The molecule has 1 N–H and O–H groups in total. The van der Waals surface area contributed by atoms with Crippen molar-refractivity contribution in [2.75, 3.05) is 13.7 Å². The fraction of sp³-hybridized carbons (Fsp3) is 0.667. The zero-order valence-corrected chi connectivity index (χ0v) is 12.2. The maximum absolute atomic E-state index is 10.4. The zero-order valence-electron chi connectivity index (χ0n) is 12.2. The fourth-order valence-corrected chi connectivity index (χ4v) is 2.74. The first-order valence-electron chi connectivity index (χ1n) is 6.79. The van der Waals surface area contributed by atoms with Crippen LogP contribution in [0.15, 0.2) is 6.20 Å². The van der Waals surface area contributed by atoms with E-state index < -0.39 is 11.7 Å². The van der Waals surface area contributed by atoms with Crippen LogP contribution in [0.3, 0.4) is 0 Å². The van der Waals surface area contributed by atoms with Crippen LogP contribution in [0.5, 0.6) is 5.75 Å². The van der Waals surface area contributed by atoms with Gasteiger partial charge in [0, 0.05) is 36.0 Å². The number of ether oxygens (including phenoxy) is 2. The number of rotatable bonds is 4. The van der Waals surface area contributed by atoms with Gasteiger partial charge in [0.2, 0.25) is 0 Å². The van der Waals surface area contributed by atoms with E-state index in [0.29, 0.717) is 6.42 Å². The lowest BCUT2D eigenvalue weighted by molar-refractivity contribution is -0.0771. The van der Waals surface area contributed by atoms with E-state index in [1.165, 1.54) is 0 Å². The molecule has 2 rings (SSSR count). The Kier molecular flexibility index (Phi) is 4.11. The number of aliphatic hydroxyl groups excluding tert-OH is 1. The van der Waals surface area contributed by atoms with E-state index in [9.17, 15) is 5.11 Å². The third-order valence-electron chi connectivity index (χ3n) is 4.09. The van der Waals surface area contributed by atoms with E-state index >= 15 is 0 Å². The van der Waals surface area contributed by atoms with Gasteiger partial charge in [-0.05, 0) is 33.6 Å². The molecule has 0 amide bonds. The summed E-state index contributed by atoms with van der Waals surface area (Å²) in [5.74, 6) is 0.856. The van der Waals surface area contributed by atoms with Gasteiger partial charge in [-0.25, -0.2) is 0 Å². The number of pyridine rings is 1. The van der Waals surface area contributed by atoms with Crippen molar-refractivity contribution in [1.82, 2.24) is 4.98 Å². The van der Waals surface area contributed by atoms with Crippen LogP contribution < -0.4 is 4.74 Å². The highest BCUT2D eigenvalue weighted by Gasteiger charge is 2.37. The van der Waals surface area contributed by atoms with Crippen LogP contribution in [-0.4, -0.2) is 35.5 Å². The molecule has 1 aromatic rings. The number of hydrogen-bond donors (Lipinski definition) is 1. The van der Waals surface area contributed by atoms with E-state index in [2.05, 4.69) is 4.98 Å². The Labute approximate surface area is 114 Å². The number of aryl methyl sites for hydroxylation is 1. The van der Waals surface area contributed by atoms with E-state index in [1.807, 2.05) is 20.8 Å². The average molecular weight is 265 g/mol. The van der Waals surface area contributed by atoms with Crippen LogP contribution in [0.2, 0.25) is 0 Å². The van der Waals surface area contributed by atoms with Gasteiger partial charge in [0.15, 0.2) is 0 Å². The van der Waals surface area contributed by atoms with Crippen molar-refractivity contribution in [1.29, 1.82) is 0 Å². The van der Waals surface area contributed by atoms with Crippen LogP contribution in [0.1, 0.15) is 36.6 Å². The van der Waals surface area contributed by atoms with Crippen LogP contribution in [0, 0.1) is 13.8 Å². The summed E-state index contributed by atoms with van der Waals surface area (Å²) >= 11 is 0. The van der Waals surface area contributed by atoms with Gasteiger partial charge < -0.3 is 14.6 Å². The molecule has 1 fully saturated rings. The highest BCUT2D eigenvalue weighted by Crippen LogP contribution is 2.32. The molecule has 0 spiro atoms. The summed E-state index contributed by atoms with van der Waals surface area (Å²) in [6.45, 7) is 6.67. The first kappa shape index (κ1) is 14.3. The summed E-state index contributed by atoms with van der Waals surface area (Å²) in [5.41, 5.74) is 2.46. The van der Waals surface area contributed by atoms with Crippen LogP contribution in [0.4, 0.5) is 0 Å². The van der Waals surface area contributed by atoms with Crippen LogP contribution >= 0.6 is 0 Å². The molecule has 1 saturated heterocycles. The summed E-state index contributed by atoms with van der Waals surface area (Å²) in [7, 11) is 1.66. The molecular formula is C15H23NO3. The Bertz CT molecular complexity index is 453. The van der Waals surface area contributed by atoms with Gasteiger partial charge in [0.1, 0.15) is 5.75 Å². The molecule has 0 aliphatic carbocycles. The second-order valence-electron chi connectivity index (χ2n) is 5.53. The lowest BCUT2D eigenvalue weighted by Gasteiger charge is -2.29. The summed E-state index contributed by atoms with van der Waals surface area (Å²) in [5, 5.41) is 10.4. The number of aromatic nitrogens is 1. The van der Waals surface area contributed by atoms with Crippen molar-refractivity contribution in [2.24, 2.45) is 0 Å². The Morgan fingerprint density at radius 3 is 2.84 bits per heavy atom. The minimum absolute atomic E-state index is 0.438. The SMILES string of the molecule is COc1c(C)cnc(CC(O)C2(C)CCCO2)c1C. The third-order valence-corrected chi connectivity index (χ3v) is 4.09. The summed E-state index contributed by atoms with van der Waals surface area (Å²) in [4.78, 5) is 4.43. The van der Waals surface area contributed by atoms with Crippen LogP contribution in [0.25, 0.3) is 0 Å². The van der Waals surface area contributed by atoms with Gasteiger partial charge in [0.25, 0.3) is 0 Å². The number of nitrogens with zero attached hydrogens (tertiary/aromatic N) is 1. The predicted molar refractivity (Wildman–Crippen MR) is 73.6 cm³/mol. The van der Waals surface area contributed by atoms with Crippen LogP contribution in [-0.2, 0) is 11.2 Å². The normalized spacial score (nSPS) is 24.5. The van der Waals surface area contributed by atoms with Gasteiger partial charge in [-0.3, -0.25) is 4.98 Å². The highest BCUT2D eigenvalue weighted by molar-refractivity contribution is 5.41. The lowest BCUT2D eigenvalue weighted by atomic mass is 9.91. The smallest absolute Gasteiger partial charge is 0.128 e. The van der Waals surface area contributed by atoms with Crippen molar-refractivity contribution < 1.29 is 14.6 Å². The number of aliphatic hydroxyl groups is 1. The molecule has 4 nitrogen and oxygen atoms in total. The van der Waals surface area contributed by atoms with Crippen molar-refractivity contribution in [3.8, 4) is 5.75 Å². The molecule has 1 aromatic heterocycles. The molecule has 0 radical (unpaired) electrons. The van der Waals surface area contributed by atoms with Crippen molar-refractivity contribution in [2.45, 2.75) is 51.7 Å². The van der Waals surface area contributed by atoms with E-state index in [-0.39, 0.29) is 0 Å². The monoisotopic (exact) mass is 265 g/mol. The Morgan fingerprint density at radius 2 is 2.26 bits per heavy atom. The summed E-state index contributed by atoms with van der Waals surface area (Å²) in [6.07, 6.45) is 3.67. The van der Waals surface area contributed by atoms with E-state index in [1.54, 1.807) is 13.3 Å². The molecule has 1 aliphatic rings. The lowest BCUT2D eigenvalue weighted by Crippen LogP contribution is -2.40. The third kappa shape index (κ3) is 2.74. The largest absolute Gasteiger partial charge is 0.496 e. The minimum Gasteiger partial charge on any atom is -0.496 e. The highest BCUT2D eigenvalue weighted by atomic mass is 16.5. The Morgan fingerprint density at radius 1 is 1.53 bits per heavy atom. The van der Waals surface area contributed by atoms with Gasteiger partial charge >= 0.3 is 0 Å². The Hall–Kier alpha value is -1.13. The maximum atomic E-state index is 10.4. The maximum Gasteiger partial charge on any atom is 0.128 e. The molecule has 19 heavy (non-hydrogen) atoms. The molecule has 106 valence electrons. The van der Waals surface area contributed by atoms with Gasteiger partial charge in [-0.1, -0.05) is 0 Å². The molecule has 0 bridgehead atoms. The fourth-order valence-electron chi connectivity index (χ4n) is 2.74. The first-order chi connectivity index (χ1) is 8.98. The first-order valence-corrected chi connectivity index (χ1v) is 6.79. The second-order valence-corrected chi connectivity index (χ2v) is 5.53.